The number of hydrogen-bond acceptors (Lipinski definition) is 2. The summed E-state index contributed by atoms with van der Waals surface area (Å²) in [7, 11) is 0. The number of pyridine rings is 2. The third-order valence-electron chi connectivity index (χ3n) is 12.8. The second-order valence-corrected chi connectivity index (χ2v) is 15.2. The molecule has 14 rings (SSSR count). The van der Waals surface area contributed by atoms with Crippen LogP contribution in [0.2, 0.25) is 0 Å². The average Bonchev–Trinajstić information content (AvgIpc) is 4.09. The second kappa shape index (κ2) is 11.7. The van der Waals surface area contributed by atoms with E-state index in [9.17, 15) is 0 Å². The fourth-order valence-electron chi connectivity index (χ4n) is 10.9. The van der Waals surface area contributed by atoms with Crippen molar-refractivity contribution in [1.29, 1.82) is 0 Å². The minimum Gasteiger partial charge on any atom is -0.655 e. The fourth-order valence-corrected chi connectivity index (χ4v) is 10.9. The fraction of sp³-hybridized carbons (Fsp3) is 0.0385. The van der Waals surface area contributed by atoms with Crippen molar-refractivity contribution >= 4 is 21.8 Å². The van der Waals surface area contributed by atoms with E-state index in [0.717, 1.165) is 33.8 Å². The molecule has 0 aliphatic heterocycles. The number of nitrogens with zero attached hydrogens (tertiary/aromatic N) is 4. The molecule has 6 aromatic carbocycles. The van der Waals surface area contributed by atoms with Crippen LogP contribution in [0.15, 0.2) is 182 Å². The van der Waals surface area contributed by atoms with E-state index in [-0.39, 0.29) is 31.9 Å². The molecule has 4 heterocycles. The van der Waals surface area contributed by atoms with Gasteiger partial charge in [0.1, 0.15) is 0 Å². The van der Waals surface area contributed by atoms with E-state index in [4.69, 9.17) is 19.9 Å². The smallest absolute Gasteiger partial charge is 0.655 e. The van der Waals surface area contributed by atoms with Gasteiger partial charge in [-0.2, -0.15) is 0 Å². The van der Waals surface area contributed by atoms with E-state index in [1.807, 2.05) is 12.4 Å². The Morgan fingerprint density at radius 1 is 0.333 bits per heavy atom. The Bertz CT molecular complexity index is 2980. The van der Waals surface area contributed by atoms with E-state index in [1.165, 1.54) is 77.5 Å². The third kappa shape index (κ3) is 3.87. The normalized spacial score (nSPS) is 14.5. The van der Waals surface area contributed by atoms with Gasteiger partial charge in [-0.05, 0) is 89.7 Å². The van der Waals surface area contributed by atoms with Crippen molar-refractivity contribution in [3.63, 3.8) is 0 Å². The van der Waals surface area contributed by atoms with Gasteiger partial charge >= 0.3 is 21.1 Å². The van der Waals surface area contributed by atoms with E-state index in [0.29, 0.717) is 0 Å². The van der Waals surface area contributed by atoms with Crippen LogP contribution >= 0.6 is 0 Å². The summed E-state index contributed by atoms with van der Waals surface area (Å²) in [5.74, 6) is 0. The first-order chi connectivity index (χ1) is 27.8. The van der Waals surface area contributed by atoms with Gasteiger partial charge in [0, 0.05) is 12.4 Å². The molecule has 0 amide bonds. The van der Waals surface area contributed by atoms with E-state index in [2.05, 4.69) is 170 Å². The summed E-state index contributed by atoms with van der Waals surface area (Å²) in [5, 5.41) is 2.45. The van der Waals surface area contributed by atoms with E-state index >= 15 is 0 Å². The largest absolute Gasteiger partial charge is 2.00 e. The van der Waals surface area contributed by atoms with Crippen LogP contribution in [0.3, 0.4) is 0 Å². The number of para-hydroxylation sites is 2. The summed E-state index contributed by atoms with van der Waals surface area (Å²) < 4.78 is 0. The summed E-state index contributed by atoms with van der Waals surface area (Å²) in [6.07, 6.45) is 3.77. The molecule has 0 N–H and O–H groups in total. The van der Waals surface area contributed by atoms with Crippen molar-refractivity contribution < 1.29 is 21.1 Å². The molecular formula is C52H30N4Pt. The van der Waals surface area contributed by atoms with Crippen LogP contribution in [0, 0.1) is 0 Å². The van der Waals surface area contributed by atoms with Gasteiger partial charge in [0.15, 0.2) is 0 Å². The van der Waals surface area contributed by atoms with Crippen molar-refractivity contribution in [2.24, 2.45) is 0 Å². The number of rotatable bonds is 0. The molecule has 10 aromatic rings. The SMILES string of the molecule is [Pt+2].c1ccc2c(c1)-c1ccccc1C21c2cccnc2-c2[n-]c3ccccc3c21.c1ccc2c(c1)-c1ccccc1C21c2cccnc2-c2[n-]c3ccccc3c21. The average molecular weight is 906 g/mol. The van der Waals surface area contributed by atoms with Crippen molar-refractivity contribution in [3.05, 3.63) is 227 Å². The summed E-state index contributed by atoms with van der Waals surface area (Å²) in [6, 6.07) is 60.8. The molecule has 4 aliphatic rings. The molecule has 268 valence electrons. The molecule has 4 aromatic heterocycles. The Hall–Kier alpha value is -6.61. The van der Waals surface area contributed by atoms with Crippen LogP contribution in [0.1, 0.15) is 44.5 Å². The van der Waals surface area contributed by atoms with Crippen LogP contribution in [0.25, 0.3) is 66.8 Å². The zero-order valence-electron chi connectivity index (χ0n) is 30.4. The van der Waals surface area contributed by atoms with E-state index < -0.39 is 0 Å². The van der Waals surface area contributed by atoms with Crippen LogP contribution in [-0.4, -0.2) is 9.97 Å². The first-order valence-electron chi connectivity index (χ1n) is 19.2. The van der Waals surface area contributed by atoms with Gasteiger partial charge < -0.3 is 9.97 Å². The molecule has 0 atom stereocenters. The van der Waals surface area contributed by atoms with Crippen LogP contribution < -0.4 is 9.97 Å². The summed E-state index contributed by atoms with van der Waals surface area (Å²) >= 11 is 0. The molecule has 0 radical (unpaired) electrons. The molecule has 4 aliphatic carbocycles. The minimum absolute atomic E-state index is 0. The molecule has 0 saturated heterocycles. The molecule has 0 unspecified atom stereocenters. The predicted molar refractivity (Wildman–Crippen MR) is 223 cm³/mol. The molecule has 0 saturated carbocycles. The monoisotopic (exact) mass is 905 g/mol. The van der Waals surface area contributed by atoms with Crippen molar-refractivity contribution in [2.75, 3.05) is 0 Å². The topological polar surface area (TPSA) is 54.0 Å². The van der Waals surface area contributed by atoms with Gasteiger partial charge in [-0.3, -0.25) is 9.97 Å². The first kappa shape index (κ1) is 32.6. The Balaban J connectivity index is 0.000000123. The molecular weight excluding hydrogens is 876 g/mol. The quantitative estimate of drug-likeness (QED) is 0.152. The van der Waals surface area contributed by atoms with Crippen molar-refractivity contribution in [1.82, 2.24) is 19.9 Å². The maximum atomic E-state index is 5.04. The van der Waals surface area contributed by atoms with E-state index in [1.54, 1.807) is 0 Å². The summed E-state index contributed by atoms with van der Waals surface area (Å²) in [5.41, 5.74) is 21.1. The predicted octanol–water partition coefficient (Wildman–Crippen LogP) is 11.1. The van der Waals surface area contributed by atoms with Crippen LogP contribution in [-0.2, 0) is 31.9 Å². The van der Waals surface area contributed by atoms with Gasteiger partial charge in [-0.1, -0.05) is 158 Å². The maximum absolute atomic E-state index is 5.04. The number of fused-ring (bicyclic) bond motifs is 24. The molecule has 5 heteroatoms. The Morgan fingerprint density at radius 3 is 1.04 bits per heavy atom. The summed E-state index contributed by atoms with van der Waals surface area (Å²) in [4.78, 5) is 19.7. The molecule has 2 spiro atoms. The van der Waals surface area contributed by atoms with Crippen molar-refractivity contribution in [3.8, 4) is 45.0 Å². The van der Waals surface area contributed by atoms with Gasteiger partial charge in [-0.25, -0.2) is 0 Å². The third-order valence-corrected chi connectivity index (χ3v) is 12.8. The van der Waals surface area contributed by atoms with Crippen LogP contribution in [0.5, 0.6) is 0 Å². The Labute approximate surface area is 343 Å². The first-order valence-corrected chi connectivity index (χ1v) is 19.2. The standard InChI is InChI=1S/2C26H15N2.Pt/c2*1-4-11-19-16(8-1)17-9-2-5-12-20(17)26(19)21-13-7-15-27-24(21)25-23(26)18-10-3-6-14-22(18)28-25;/h2*1-15H;/q2*-1;+2. The summed E-state index contributed by atoms with van der Waals surface area (Å²) in [6.45, 7) is 0. The molecule has 57 heavy (non-hydrogen) atoms. The van der Waals surface area contributed by atoms with Crippen molar-refractivity contribution in [2.45, 2.75) is 10.8 Å². The zero-order valence-corrected chi connectivity index (χ0v) is 32.7. The Kier molecular flexibility index (Phi) is 6.70. The van der Waals surface area contributed by atoms with Gasteiger partial charge in [-0.15, -0.1) is 22.4 Å². The number of aromatic nitrogens is 4. The van der Waals surface area contributed by atoms with Crippen LogP contribution in [0.4, 0.5) is 0 Å². The Morgan fingerprint density at radius 2 is 0.649 bits per heavy atom. The maximum Gasteiger partial charge on any atom is 2.00 e. The molecule has 0 fully saturated rings. The number of hydrogen-bond donors (Lipinski definition) is 0. The van der Waals surface area contributed by atoms with Gasteiger partial charge in [0.05, 0.1) is 22.2 Å². The second-order valence-electron chi connectivity index (χ2n) is 15.2. The molecule has 4 nitrogen and oxygen atoms in total. The molecule has 0 bridgehead atoms. The van der Waals surface area contributed by atoms with Gasteiger partial charge in [0.2, 0.25) is 0 Å². The minimum atomic E-state index is -0.345. The number of benzene rings is 6. The van der Waals surface area contributed by atoms with Gasteiger partial charge in [0.25, 0.3) is 0 Å². The zero-order chi connectivity index (χ0) is 36.6.